The maximum Gasteiger partial charge on any atom is 0.361 e. The summed E-state index contributed by atoms with van der Waals surface area (Å²) in [7, 11) is 5.97. The van der Waals surface area contributed by atoms with Crippen LogP contribution in [0.4, 0.5) is 0 Å². The maximum absolute atomic E-state index is 13.0. The highest BCUT2D eigenvalue weighted by Gasteiger charge is 2.25. The van der Waals surface area contributed by atoms with Gasteiger partial charge in [-0.05, 0) is 141 Å². The van der Waals surface area contributed by atoms with Crippen molar-refractivity contribution in [2.24, 2.45) is 0 Å². The molecule has 0 amide bonds. The first-order chi connectivity index (χ1) is 47.6. The molecule has 0 rings (SSSR count). The first-order valence-corrected chi connectivity index (χ1v) is 38.6. The highest BCUT2D eigenvalue weighted by molar-refractivity contribution is 5.71. The summed E-state index contributed by atoms with van der Waals surface area (Å²) in [4.78, 5) is 37.7. The predicted octanol–water partition coefficient (Wildman–Crippen LogP) is 24.9. The molecule has 0 aliphatic rings. The summed E-state index contributed by atoms with van der Waals surface area (Å²) in [6.07, 6.45) is 114. The molecule has 0 aliphatic carbocycles. The average molecular weight is 1340 g/mol. The van der Waals surface area contributed by atoms with Gasteiger partial charge >= 0.3 is 17.9 Å². The topological polar surface area (TPSA) is 108 Å². The smallest absolute Gasteiger partial charge is 0.361 e. The van der Waals surface area contributed by atoms with Gasteiger partial charge in [0, 0.05) is 12.8 Å². The number of nitrogens with zero attached hydrogens (tertiary/aromatic N) is 1. The fraction of sp³-hybridized carbons (Fsp3) is 0.602. The van der Waals surface area contributed by atoms with Crippen molar-refractivity contribution in [3.8, 4) is 0 Å². The lowest BCUT2D eigenvalue weighted by Gasteiger charge is -2.25. The highest BCUT2D eigenvalue weighted by atomic mass is 16.7. The fourth-order valence-corrected chi connectivity index (χ4v) is 10.0. The van der Waals surface area contributed by atoms with E-state index in [2.05, 4.69) is 208 Å². The molecule has 1 N–H and O–H groups in total. The number of esters is 2. The summed E-state index contributed by atoms with van der Waals surface area (Å²) in [5.41, 5.74) is 0. The molecule has 0 aromatic carbocycles. The SMILES string of the molecule is CC/C=C\C/C=C\C/C=C\C/C=C\C/C=C\C/C=C\C/C=C\C/C=C\C/C=C\C/C=C\CCCCCCCCCCCCC(=O)OC(COC(=O)CCCCCCCCCCCCCC/C=C\C/C=C\C/C=C\C/C=C\C/C=C\C/C=C\CC)COC(OCC[N+](C)(C)C)C(=O)O. The summed E-state index contributed by atoms with van der Waals surface area (Å²) in [5.74, 6) is -2.02. The lowest BCUT2D eigenvalue weighted by molar-refractivity contribution is -0.870. The van der Waals surface area contributed by atoms with Gasteiger partial charge in [0.25, 0.3) is 6.29 Å². The lowest BCUT2D eigenvalue weighted by Crippen LogP contribution is -2.40. The zero-order chi connectivity index (χ0) is 70.4. The van der Waals surface area contributed by atoms with Crippen molar-refractivity contribution in [1.29, 1.82) is 0 Å². The van der Waals surface area contributed by atoms with Crippen LogP contribution < -0.4 is 0 Å². The largest absolute Gasteiger partial charge is 0.477 e. The Morgan fingerprint density at radius 3 is 0.825 bits per heavy atom. The Balaban J connectivity index is 4.15. The molecule has 0 saturated carbocycles. The van der Waals surface area contributed by atoms with Gasteiger partial charge in [0.1, 0.15) is 13.2 Å². The minimum absolute atomic E-state index is 0.178. The van der Waals surface area contributed by atoms with Gasteiger partial charge in [0.15, 0.2) is 6.10 Å². The molecule has 2 atom stereocenters. The predicted molar refractivity (Wildman–Crippen MR) is 419 cm³/mol. The van der Waals surface area contributed by atoms with E-state index in [1.54, 1.807) is 0 Å². The number of carboxylic acids is 1. The number of aliphatic carboxylic acids is 1. The number of ether oxygens (including phenoxy) is 4. The van der Waals surface area contributed by atoms with Crippen molar-refractivity contribution >= 4 is 17.9 Å². The minimum Gasteiger partial charge on any atom is -0.477 e. The molecule has 0 aromatic rings. The second-order valence-corrected chi connectivity index (χ2v) is 26.2. The third kappa shape index (κ3) is 77.4. The number of quaternary nitrogens is 1. The van der Waals surface area contributed by atoms with Crippen LogP contribution >= 0.6 is 0 Å². The molecule has 9 heteroatoms. The van der Waals surface area contributed by atoms with Crippen molar-refractivity contribution < 1.29 is 42.9 Å². The number of likely N-dealkylation sites (N-methyl/N-ethyl adjacent to an activating group) is 1. The Kier molecular flexibility index (Phi) is 71.3. The normalized spacial score (nSPS) is 13.8. The molecule has 0 bridgehead atoms. The van der Waals surface area contributed by atoms with Gasteiger partial charge < -0.3 is 28.5 Å². The molecule has 0 radical (unpaired) electrons. The van der Waals surface area contributed by atoms with Gasteiger partial charge in [0.05, 0.1) is 34.4 Å². The average Bonchev–Trinajstić information content (AvgIpc) is 3.27. The summed E-state index contributed by atoms with van der Waals surface area (Å²) < 4.78 is 23.0. The molecule has 2 unspecified atom stereocenters. The van der Waals surface area contributed by atoms with Crippen LogP contribution in [-0.2, 0) is 33.3 Å². The van der Waals surface area contributed by atoms with E-state index in [-0.39, 0.29) is 38.6 Å². The highest BCUT2D eigenvalue weighted by Crippen LogP contribution is 2.16. The quantitative estimate of drug-likeness (QED) is 0.0211. The zero-order valence-electron chi connectivity index (χ0n) is 62.4. The Hall–Kier alpha value is -5.87. The van der Waals surface area contributed by atoms with E-state index in [0.29, 0.717) is 17.4 Å². The number of carbonyl (C=O) groups is 3. The number of hydrogen-bond acceptors (Lipinski definition) is 7. The van der Waals surface area contributed by atoms with Crippen molar-refractivity contribution in [2.75, 3.05) is 47.5 Å². The summed E-state index contributed by atoms with van der Waals surface area (Å²) in [6.45, 7) is 4.63. The van der Waals surface area contributed by atoms with E-state index >= 15 is 0 Å². The molecule has 0 heterocycles. The first kappa shape index (κ1) is 91.1. The summed E-state index contributed by atoms with van der Waals surface area (Å²) >= 11 is 0. The van der Waals surface area contributed by atoms with Gasteiger partial charge in [-0.1, -0.05) is 324 Å². The fourth-order valence-electron chi connectivity index (χ4n) is 10.0. The molecular formula is C88H142NO8+. The van der Waals surface area contributed by atoms with Gasteiger partial charge in [-0.25, -0.2) is 4.79 Å². The van der Waals surface area contributed by atoms with Gasteiger partial charge in [-0.2, -0.15) is 0 Å². The van der Waals surface area contributed by atoms with Gasteiger partial charge in [-0.3, -0.25) is 9.59 Å². The Morgan fingerprint density at radius 1 is 0.309 bits per heavy atom. The molecule has 0 saturated heterocycles. The first-order valence-electron chi connectivity index (χ1n) is 38.6. The van der Waals surface area contributed by atoms with E-state index in [0.717, 1.165) is 148 Å². The van der Waals surface area contributed by atoms with Crippen LogP contribution in [0.2, 0.25) is 0 Å². The molecule has 9 nitrogen and oxygen atoms in total. The van der Waals surface area contributed by atoms with Gasteiger partial charge in [-0.15, -0.1) is 0 Å². The van der Waals surface area contributed by atoms with Crippen LogP contribution in [0.15, 0.2) is 194 Å². The Morgan fingerprint density at radius 2 is 0.557 bits per heavy atom. The van der Waals surface area contributed by atoms with Crippen LogP contribution in [-0.4, -0.2) is 87.4 Å². The third-order valence-electron chi connectivity index (χ3n) is 15.8. The van der Waals surface area contributed by atoms with Crippen molar-refractivity contribution in [3.05, 3.63) is 194 Å². The van der Waals surface area contributed by atoms with Gasteiger partial charge in [0.2, 0.25) is 0 Å². The van der Waals surface area contributed by atoms with Crippen molar-refractivity contribution in [2.45, 2.75) is 296 Å². The Labute approximate surface area is 595 Å². The molecule has 546 valence electrons. The third-order valence-corrected chi connectivity index (χ3v) is 15.8. The second-order valence-electron chi connectivity index (χ2n) is 26.2. The molecule has 0 aromatic heterocycles. The van der Waals surface area contributed by atoms with Crippen LogP contribution in [0, 0.1) is 0 Å². The molecule has 0 fully saturated rings. The number of carboxylic acid groups (broad SMARTS) is 1. The van der Waals surface area contributed by atoms with Crippen molar-refractivity contribution in [3.63, 3.8) is 0 Å². The van der Waals surface area contributed by atoms with E-state index in [1.165, 1.54) is 103 Å². The molecule has 0 aliphatic heterocycles. The number of allylic oxidation sites excluding steroid dienone is 32. The molecule has 97 heavy (non-hydrogen) atoms. The van der Waals surface area contributed by atoms with E-state index in [1.807, 2.05) is 21.1 Å². The van der Waals surface area contributed by atoms with E-state index in [9.17, 15) is 19.5 Å². The maximum atomic E-state index is 13.0. The minimum atomic E-state index is -1.52. The number of hydrogen-bond donors (Lipinski definition) is 1. The Bertz CT molecular complexity index is 2310. The van der Waals surface area contributed by atoms with Crippen LogP contribution in [0.1, 0.15) is 284 Å². The second kappa shape index (κ2) is 75.9. The summed E-state index contributed by atoms with van der Waals surface area (Å²) in [5, 5.41) is 9.77. The molecule has 0 spiro atoms. The lowest BCUT2D eigenvalue weighted by atomic mass is 10.0. The van der Waals surface area contributed by atoms with Crippen LogP contribution in [0.3, 0.4) is 0 Å². The molecular weight excluding hydrogens is 1200 g/mol. The number of rotatable bonds is 69. The van der Waals surface area contributed by atoms with Crippen LogP contribution in [0.5, 0.6) is 0 Å². The van der Waals surface area contributed by atoms with E-state index in [4.69, 9.17) is 18.9 Å². The summed E-state index contributed by atoms with van der Waals surface area (Å²) in [6, 6.07) is 0. The standard InChI is InChI=1S/C88H141NO8/c1-6-8-10-12-14-16-18-20-22-24-26-28-30-32-34-36-38-39-40-41-42-43-44-45-46-47-49-51-53-55-57-59-61-63-65-67-69-71-73-75-77-79-86(91)97-84(83-96-88(87(92)93)94-81-80-89(3,4)5)82-95-85(90)78-76-74-72-70-68-66-64-62-60-58-56-54-52-50-48-37-35-33-31-29-27-25-23-21-19-17-15-13-11-9-7-2/h8-11,14-17,20-23,26-29,32-35,38-39,41-42,44-45,47-50,53,55,84,88H,6-7,12-13,18-19,24-25,30-31,36-37,40,43,46,51-52,54,56-83H2,1-5H3/p+1/b10-8-,11-9-,16-14-,17-15-,22-20-,23-21-,28-26-,29-27-,34-32-,35-33-,39-38-,42-41-,45-44-,49-47-,50-48-,55-53-. The monoisotopic (exact) mass is 1340 g/mol. The van der Waals surface area contributed by atoms with Crippen LogP contribution in [0.25, 0.3) is 0 Å². The van der Waals surface area contributed by atoms with E-state index < -0.39 is 24.3 Å². The van der Waals surface area contributed by atoms with Crippen molar-refractivity contribution in [1.82, 2.24) is 0 Å². The zero-order valence-corrected chi connectivity index (χ0v) is 62.4. The number of carbonyl (C=O) groups excluding carboxylic acids is 2. The number of unbranched alkanes of at least 4 members (excludes halogenated alkanes) is 22.